The second-order valence-electron chi connectivity index (χ2n) is 4.32. The fourth-order valence-corrected chi connectivity index (χ4v) is 1.92. The Morgan fingerprint density at radius 2 is 2.32 bits per heavy atom. The third kappa shape index (κ3) is 2.65. The van der Waals surface area contributed by atoms with E-state index in [-0.39, 0.29) is 18.2 Å². The minimum Gasteiger partial charge on any atom is -0.479 e. The molecule has 1 saturated heterocycles. The summed E-state index contributed by atoms with van der Waals surface area (Å²) >= 11 is 0. The molecular weight excluding hydrogens is 250 g/mol. The van der Waals surface area contributed by atoms with Crippen molar-refractivity contribution < 1.29 is 19.4 Å². The van der Waals surface area contributed by atoms with Crippen molar-refractivity contribution in [1.82, 2.24) is 10.3 Å². The van der Waals surface area contributed by atoms with Gasteiger partial charge in [0.1, 0.15) is 5.69 Å². The van der Waals surface area contributed by atoms with Crippen LogP contribution < -0.4 is 10.6 Å². The van der Waals surface area contributed by atoms with Crippen LogP contribution in [-0.2, 0) is 9.53 Å². The number of amides is 1. The second-order valence-corrected chi connectivity index (χ2v) is 4.32. The molecule has 1 aliphatic heterocycles. The molecule has 1 atom stereocenters. The van der Waals surface area contributed by atoms with Gasteiger partial charge in [-0.1, -0.05) is 0 Å². The molecule has 2 rings (SSSR count). The number of carbonyl (C=O) groups is 2. The normalized spacial score (nSPS) is 21.9. The van der Waals surface area contributed by atoms with Gasteiger partial charge in [0, 0.05) is 32.0 Å². The van der Waals surface area contributed by atoms with E-state index in [0.717, 1.165) is 0 Å². The molecule has 1 unspecified atom stereocenters. The van der Waals surface area contributed by atoms with Crippen molar-refractivity contribution in [2.24, 2.45) is 0 Å². The number of aromatic nitrogens is 1. The van der Waals surface area contributed by atoms with Crippen LogP contribution in [0.5, 0.6) is 0 Å². The molecule has 3 N–H and O–H groups in total. The maximum absolute atomic E-state index is 11.5. The van der Waals surface area contributed by atoms with Crippen molar-refractivity contribution in [3.63, 3.8) is 0 Å². The molecule has 0 saturated carbocycles. The first-order chi connectivity index (χ1) is 9.07. The Labute approximate surface area is 110 Å². The van der Waals surface area contributed by atoms with Gasteiger partial charge in [-0.25, -0.2) is 4.79 Å². The lowest BCUT2D eigenvalue weighted by atomic mass is 9.98. The zero-order valence-electron chi connectivity index (χ0n) is 10.5. The van der Waals surface area contributed by atoms with Gasteiger partial charge in [-0.3, -0.25) is 9.78 Å². The highest BCUT2D eigenvalue weighted by molar-refractivity contribution is 5.93. The van der Waals surface area contributed by atoms with E-state index in [0.29, 0.717) is 18.7 Å². The third-order valence-electron chi connectivity index (χ3n) is 3.03. The largest absolute Gasteiger partial charge is 0.479 e. The molecule has 1 aromatic rings. The number of pyridine rings is 1. The van der Waals surface area contributed by atoms with E-state index in [9.17, 15) is 14.7 Å². The number of rotatable bonds is 4. The number of nitrogens with one attached hydrogen (secondary N) is 2. The lowest BCUT2D eigenvalue weighted by molar-refractivity contribution is -0.142. The molecule has 1 amide bonds. The Morgan fingerprint density at radius 1 is 1.53 bits per heavy atom. The van der Waals surface area contributed by atoms with Crippen LogP contribution in [-0.4, -0.2) is 47.8 Å². The van der Waals surface area contributed by atoms with E-state index in [4.69, 9.17) is 4.74 Å². The number of ether oxygens (including phenoxy) is 1. The minimum atomic E-state index is -1.14. The molecule has 7 heteroatoms. The Balaban J connectivity index is 2.23. The van der Waals surface area contributed by atoms with Crippen LogP contribution in [0.1, 0.15) is 16.9 Å². The maximum Gasteiger partial charge on any atom is 0.331 e. The predicted molar refractivity (Wildman–Crippen MR) is 67.1 cm³/mol. The van der Waals surface area contributed by atoms with E-state index >= 15 is 0 Å². The van der Waals surface area contributed by atoms with E-state index in [1.165, 1.54) is 19.3 Å². The number of carboxylic acids is 1. The van der Waals surface area contributed by atoms with E-state index in [2.05, 4.69) is 15.6 Å². The van der Waals surface area contributed by atoms with Crippen molar-refractivity contribution in [2.75, 3.05) is 25.6 Å². The SMILES string of the molecule is CNC(=O)c1cc(NC2(C(=O)O)CCOC2)ccn1. The standard InChI is InChI=1S/C12H15N3O4/c1-13-10(16)9-6-8(2-4-14-9)15-12(11(17)18)3-5-19-7-12/h2,4,6H,3,5,7H2,1H3,(H,13,16)(H,14,15)(H,17,18). The third-order valence-corrected chi connectivity index (χ3v) is 3.03. The van der Waals surface area contributed by atoms with Crippen LogP contribution in [0.2, 0.25) is 0 Å². The number of nitrogens with zero attached hydrogens (tertiary/aromatic N) is 1. The first kappa shape index (κ1) is 13.3. The van der Waals surface area contributed by atoms with Crippen molar-refractivity contribution in [1.29, 1.82) is 0 Å². The molecule has 1 aliphatic rings. The van der Waals surface area contributed by atoms with Gasteiger partial charge in [0.05, 0.1) is 6.61 Å². The summed E-state index contributed by atoms with van der Waals surface area (Å²) in [6.07, 6.45) is 1.83. The Morgan fingerprint density at radius 3 is 2.89 bits per heavy atom. The average molecular weight is 265 g/mol. The average Bonchev–Trinajstić information content (AvgIpc) is 2.88. The molecule has 102 valence electrons. The molecule has 0 spiro atoms. The summed E-state index contributed by atoms with van der Waals surface area (Å²) in [7, 11) is 1.51. The molecule has 0 aromatic carbocycles. The quantitative estimate of drug-likeness (QED) is 0.713. The Kier molecular flexibility index (Phi) is 3.66. The van der Waals surface area contributed by atoms with E-state index < -0.39 is 11.5 Å². The van der Waals surface area contributed by atoms with Crippen molar-refractivity contribution in [3.05, 3.63) is 24.0 Å². The number of hydrogen-bond acceptors (Lipinski definition) is 5. The second kappa shape index (κ2) is 5.23. The Bertz CT molecular complexity index is 498. The highest BCUT2D eigenvalue weighted by Crippen LogP contribution is 2.24. The summed E-state index contributed by atoms with van der Waals surface area (Å²) < 4.78 is 5.15. The van der Waals surface area contributed by atoms with E-state index in [1.54, 1.807) is 6.07 Å². The Hall–Kier alpha value is -2.15. The van der Waals surface area contributed by atoms with E-state index in [1.807, 2.05) is 0 Å². The molecule has 2 heterocycles. The molecule has 0 aliphatic carbocycles. The van der Waals surface area contributed by atoms with Crippen molar-refractivity contribution >= 4 is 17.6 Å². The van der Waals surface area contributed by atoms with Crippen LogP contribution in [0.3, 0.4) is 0 Å². The van der Waals surface area contributed by atoms with Crippen LogP contribution in [0.15, 0.2) is 18.3 Å². The van der Waals surface area contributed by atoms with Crippen LogP contribution in [0, 0.1) is 0 Å². The first-order valence-electron chi connectivity index (χ1n) is 5.85. The molecule has 1 aromatic heterocycles. The van der Waals surface area contributed by atoms with Gasteiger partial charge in [0.25, 0.3) is 5.91 Å². The maximum atomic E-state index is 11.5. The first-order valence-corrected chi connectivity index (χ1v) is 5.85. The summed E-state index contributed by atoms with van der Waals surface area (Å²) in [6, 6.07) is 3.14. The summed E-state index contributed by atoms with van der Waals surface area (Å²) in [5, 5.41) is 14.7. The fraction of sp³-hybridized carbons (Fsp3) is 0.417. The number of aliphatic carboxylic acids is 1. The molecule has 1 fully saturated rings. The van der Waals surface area contributed by atoms with Gasteiger partial charge in [-0.2, -0.15) is 0 Å². The van der Waals surface area contributed by atoms with Crippen LogP contribution >= 0.6 is 0 Å². The topological polar surface area (TPSA) is 101 Å². The zero-order valence-corrected chi connectivity index (χ0v) is 10.5. The molecule has 19 heavy (non-hydrogen) atoms. The van der Waals surface area contributed by atoms with Gasteiger partial charge < -0.3 is 20.5 Å². The molecular formula is C12H15N3O4. The van der Waals surface area contributed by atoms with Crippen LogP contribution in [0.25, 0.3) is 0 Å². The summed E-state index contributed by atoms with van der Waals surface area (Å²) in [5.74, 6) is -1.29. The summed E-state index contributed by atoms with van der Waals surface area (Å²) in [4.78, 5) is 26.8. The lowest BCUT2D eigenvalue weighted by Gasteiger charge is -2.25. The van der Waals surface area contributed by atoms with Gasteiger partial charge in [-0.15, -0.1) is 0 Å². The highest BCUT2D eigenvalue weighted by Gasteiger charge is 2.42. The number of carbonyl (C=O) groups excluding carboxylic acids is 1. The van der Waals surface area contributed by atoms with Gasteiger partial charge in [-0.05, 0) is 12.1 Å². The number of carboxylic acid groups (broad SMARTS) is 1. The van der Waals surface area contributed by atoms with Gasteiger partial charge in [0.2, 0.25) is 0 Å². The molecule has 0 bridgehead atoms. The number of hydrogen-bond donors (Lipinski definition) is 3. The fourth-order valence-electron chi connectivity index (χ4n) is 1.92. The summed E-state index contributed by atoms with van der Waals surface area (Å²) in [6.45, 7) is 0.493. The highest BCUT2D eigenvalue weighted by atomic mass is 16.5. The zero-order chi connectivity index (χ0) is 13.9. The smallest absolute Gasteiger partial charge is 0.331 e. The molecule has 7 nitrogen and oxygen atoms in total. The van der Waals surface area contributed by atoms with Crippen molar-refractivity contribution in [2.45, 2.75) is 12.0 Å². The van der Waals surface area contributed by atoms with Crippen molar-refractivity contribution in [3.8, 4) is 0 Å². The monoisotopic (exact) mass is 265 g/mol. The minimum absolute atomic E-state index is 0.0972. The summed E-state index contributed by atoms with van der Waals surface area (Å²) in [5.41, 5.74) is -0.380. The number of anilines is 1. The van der Waals surface area contributed by atoms with Gasteiger partial charge >= 0.3 is 5.97 Å². The predicted octanol–water partition coefficient (Wildman–Crippen LogP) is 0.0968. The molecule has 0 radical (unpaired) electrons. The van der Waals surface area contributed by atoms with Gasteiger partial charge in [0.15, 0.2) is 5.54 Å². The van der Waals surface area contributed by atoms with Crippen LogP contribution in [0.4, 0.5) is 5.69 Å². The lowest BCUT2D eigenvalue weighted by Crippen LogP contribution is -2.47.